The van der Waals surface area contributed by atoms with Crippen molar-refractivity contribution in [3.05, 3.63) is 62.1 Å². The van der Waals surface area contributed by atoms with Crippen LogP contribution in [-0.4, -0.2) is 22.7 Å². The third-order valence-corrected chi connectivity index (χ3v) is 6.25. The summed E-state index contributed by atoms with van der Waals surface area (Å²) in [5.41, 5.74) is 1.17. The molecule has 3 aromatic rings. The Morgan fingerprint density at radius 2 is 1.83 bits per heavy atom. The maximum atomic E-state index is 11.1. The van der Waals surface area contributed by atoms with Gasteiger partial charge >= 0.3 is 0 Å². The molecule has 4 rings (SSSR count). The van der Waals surface area contributed by atoms with E-state index in [2.05, 4.69) is 10.3 Å². The Morgan fingerprint density at radius 1 is 1.00 bits per heavy atom. The highest BCUT2D eigenvalue weighted by Gasteiger charge is 2.26. The van der Waals surface area contributed by atoms with Crippen molar-refractivity contribution < 1.29 is 9.84 Å². The van der Waals surface area contributed by atoms with Crippen molar-refractivity contribution in [1.82, 2.24) is 10.3 Å². The molecule has 8 heteroatoms. The summed E-state index contributed by atoms with van der Waals surface area (Å²) in [6, 6.07) is 9.99. The Hall–Kier alpha value is -1.27. The van der Waals surface area contributed by atoms with Gasteiger partial charge in [0, 0.05) is 28.6 Å². The molecule has 2 heterocycles. The fourth-order valence-corrected chi connectivity index (χ4v) is 4.40. The zero-order valence-electron chi connectivity index (χ0n) is 15.3. The molecule has 4 nitrogen and oxygen atoms in total. The lowest BCUT2D eigenvalue weighted by Gasteiger charge is -2.29. The van der Waals surface area contributed by atoms with Crippen molar-refractivity contribution in [3.63, 3.8) is 0 Å². The van der Waals surface area contributed by atoms with Crippen molar-refractivity contribution in [2.45, 2.75) is 31.4 Å². The van der Waals surface area contributed by atoms with Gasteiger partial charge in [-0.1, -0.05) is 52.8 Å². The van der Waals surface area contributed by atoms with Crippen molar-refractivity contribution in [2.75, 3.05) is 6.54 Å². The first-order valence-corrected chi connectivity index (χ1v) is 10.8. The summed E-state index contributed by atoms with van der Waals surface area (Å²) < 4.78 is 5.91. The summed E-state index contributed by atoms with van der Waals surface area (Å²) in [4.78, 5) is 4.53. The third-order valence-electron chi connectivity index (χ3n) is 5.00. The lowest BCUT2D eigenvalue weighted by atomic mass is 9.93. The van der Waals surface area contributed by atoms with Gasteiger partial charge in [0.2, 0.25) is 5.88 Å². The van der Waals surface area contributed by atoms with Crippen LogP contribution in [0.1, 0.15) is 30.9 Å². The fraction of sp³-hybridized carbons (Fsp3) is 0.286. The van der Waals surface area contributed by atoms with Crippen LogP contribution in [0.25, 0.3) is 10.9 Å². The number of fused-ring (bicyclic) bond motifs is 1. The SMILES string of the molecule is OC(c1cc(Oc2ccc(Cl)c(Cl)c2)nc2c(Cl)cc(Cl)cc12)C1CCCCN1. The molecule has 0 radical (unpaired) electrons. The van der Waals surface area contributed by atoms with Crippen LogP contribution in [0.4, 0.5) is 0 Å². The highest BCUT2D eigenvalue weighted by molar-refractivity contribution is 6.42. The quantitative estimate of drug-likeness (QED) is 0.438. The first-order valence-electron chi connectivity index (χ1n) is 9.26. The number of ether oxygens (including phenoxy) is 1. The Balaban J connectivity index is 1.80. The second kappa shape index (κ2) is 8.84. The lowest BCUT2D eigenvalue weighted by Crippen LogP contribution is -2.38. The summed E-state index contributed by atoms with van der Waals surface area (Å²) in [7, 11) is 0. The van der Waals surface area contributed by atoms with Crippen molar-refractivity contribution >= 4 is 57.3 Å². The number of hydrogen-bond donors (Lipinski definition) is 2. The normalized spacial score (nSPS) is 18.0. The maximum Gasteiger partial charge on any atom is 0.220 e. The van der Waals surface area contributed by atoms with Crippen LogP contribution >= 0.6 is 46.4 Å². The Morgan fingerprint density at radius 3 is 2.55 bits per heavy atom. The largest absolute Gasteiger partial charge is 0.439 e. The maximum absolute atomic E-state index is 11.1. The van der Waals surface area contributed by atoms with E-state index in [0.717, 1.165) is 25.8 Å². The molecule has 1 fully saturated rings. The van der Waals surface area contributed by atoms with Gasteiger partial charge in [0.25, 0.3) is 0 Å². The molecule has 1 aliphatic rings. The molecule has 0 amide bonds. The number of nitrogens with zero attached hydrogens (tertiary/aromatic N) is 1. The molecule has 2 N–H and O–H groups in total. The molecule has 2 aromatic carbocycles. The van der Waals surface area contributed by atoms with E-state index in [1.165, 1.54) is 0 Å². The second-order valence-corrected chi connectivity index (χ2v) is 8.67. The molecule has 29 heavy (non-hydrogen) atoms. The van der Waals surface area contributed by atoms with Crippen LogP contribution in [0.5, 0.6) is 11.6 Å². The first kappa shape index (κ1) is 21.0. The zero-order valence-corrected chi connectivity index (χ0v) is 18.3. The molecule has 0 saturated carbocycles. The highest BCUT2D eigenvalue weighted by atomic mass is 35.5. The third kappa shape index (κ3) is 4.58. The predicted molar refractivity (Wildman–Crippen MR) is 119 cm³/mol. The van der Waals surface area contributed by atoms with E-state index >= 15 is 0 Å². The minimum atomic E-state index is -0.758. The summed E-state index contributed by atoms with van der Waals surface area (Å²) in [5.74, 6) is 0.775. The van der Waals surface area contributed by atoms with Crippen LogP contribution < -0.4 is 10.1 Å². The van der Waals surface area contributed by atoms with E-state index in [0.29, 0.717) is 48.2 Å². The Labute approximate surface area is 188 Å². The van der Waals surface area contributed by atoms with E-state index in [-0.39, 0.29) is 6.04 Å². The standard InChI is InChI=1S/C21H18Cl4N2O2/c22-11-7-13-14(21(28)18-3-1-2-6-26-18)10-19(27-20(13)17(25)8-11)29-12-4-5-15(23)16(24)9-12/h4-5,7-10,18,21,26,28H,1-3,6H2. The molecule has 1 aromatic heterocycles. The number of aliphatic hydroxyl groups excluding tert-OH is 1. The summed E-state index contributed by atoms with van der Waals surface area (Å²) in [6.45, 7) is 0.874. The highest BCUT2D eigenvalue weighted by Crippen LogP contribution is 2.37. The van der Waals surface area contributed by atoms with Crippen LogP contribution in [0.3, 0.4) is 0 Å². The lowest BCUT2D eigenvalue weighted by molar-refractivity contribution is 0.115. The van der Waals surface area contributed by atoms with Gasteiger partial charge < -0.3 is 15.2 Å². The average Bonchev–Trinajstić information content (AvgIpc) is 2.71. The van der Waals surface area contributed by atoms with Gasteiger partial charge in [-0.2, -0.15) is 0 Å². The molecule has 0 aliphatic carbocycles. The monoisotopic (exact) mass is 470 g/mol. The average molecular weight is 472 g/mol. The number of hydrogen-bond acceptors (Lipinski definition) is 4. The van der Waals surface area contributed by atoms with E-state index in [9.17, 15) is 5.11 Å². The molecule has 2 unspecified atom stereocenters. The van der Waals surface area contributed by atoms with Crippen LogP contribution in [0.15, 0.2) is 36.4 Å². The van der Waals surface area contributed by atoms with Gasteiger partial charge in [-0.25, -0.2) is 4.98 Å². The molecular formula is C21H18Cl4N2O2. The van der Waals surface area contributed by atoms with Gasteiger partial charge in [0.1, 0.15) is 5.75 Å². The number of aromatic nitrogens is 1. The number of aliphatic hydroxyl groups is 1. The van der Waals surface area contributed by atoms with Crippen molar-refractivity contribution in [1.29, 1.82) is 0 Å². The number of halogens is 4. The predicted octanol–water partition coefficient (Wildman–Crippen LogP) is 6.82. The van der Waals surface area contributed by atoms with E-state index in [4.69, 9.17) is 51.1 Å². The number of piperidine rings is 1. The van der Waals surface area contributed by atoms with Crippen molar-refractivity contribution in [2.24, 2.45) is 0 Å². The minimum Gasteiger partial charge on any atom is -0.439 e. The van der Waals surface area contributed by atoms with Gasteiger partial charge in [-0.05, 0) is 49.2 Å². The summed E-state index contributed by atoms with van der Waals surface area (Å²) >= 11 is 24.7. The minimum absolute atomic E-state index is 0.0649. The topological polar surface area (TPSA) is 54.4 Å². The van der Waals surface area contributed by atoms with Gasteiger partial charge in [-0.15, -0.1) is 0 Å². The van der Waals surface area contributed by atoms with Gasteiger partial charge in [0.15, 0.2) is 0 Å². The molecule has 0 spiro atoms. The van der Waals surface area contributed by atoms with Crippen LogP contribution in [0.2, 0.25) is 20.1 Å². The molecule has 152 valence electrons. The Kier molecular flexibility index (Phi) is 6.40. The molecule has 0 bridgehead atoms. The number of rotatable bonds is 4. The van der Waals surface area contributed by atoms with Crippen LogP contribution in [0, 0.1) is 0 Å². The number of pyridine rings is 1. The first-order chi connectivity index (χ1) is 13.9. The molecule has 1 saturated heterocycles. The summed E-state index contributed by atoms with van der Waals surface area (Å²) in [5, 5.41) is 16.9. The van der Waals surface area contributed by atoms with E-state index in [1.807, 2.05) is 0 Å². The van der Waals surface area contributed by atoms with Gasteiger partial charge in [0.05, 0.1) is 26.7 Å². The zero-order chi connectivity index (χ0) is 20.5. The fourth-order valence-electron chi connectivity index (χ4n) is 3.58. The van der Waals surface area contributed by atoms with Gasteiger partial charge in [-0.3, -0.25) is 0 Å². The van der Waals surface area contributed by atoms with E-state index < -0.39 is 6.10 Å². The van der Waals surface area contributed by atoms with Crippen LogP contribution in [-0.2, 0) is 0 Å². The van der Waals surface area contributed by atoms with E-state index in [1.54, 1.807) is 36.4 Å². The number of nitrogens with one attached hydrogen (secondary N) is 1. The van der Waals surface area contributed by atoms with Crippen molar-refractivity contribution in [3.8, 4) is 11.6 Å². The molecule has 1 aliphatic heterocycles. The Bertz CT molecular complexity index is 1050. The smallest absolute Gasteiger partial charge is 0.220 e. The number of benzene rings is 2. The second-order valence-electron chi connectivity index (χ2n) is 7.01. The molecule has 2 atom stereocenters. The molecular weight excluding hydrogens is 454 g/mol. The summed E-state index contributed by atoms with van der Waals surface area (Å²) in [6.07, 6.45) is 2.28.